The van der Waals surface area contributed by atoms with Crippen molar-refractivity contribution < 1.29 is 18.7 Å². The molecule has 176 valence electrons. The molecular formula is C24H26N6O4. The molecule has 0 saturated heterocycles. The van der Waals surface area contributed by atoms with E-state index in [1.807, 2.05) is 38.1 Å². The Labute approximate surface area is 197 Å². The highest BCUT2D eigenvalue weighted by Crippen LogP contribution is 2.24. The van der Waals surface area contributed by atoms with Gasteiger partial charge in [-0.05, 0) is 26.3 Å². The van der Waals surface area contributed by atoms with Crippen molar-refractivity contribution in [2.24, 2.45) is 0 Å². The second kappa shape index (κ2) is 10.6. The number of nitrogens with one attached hydrogen (secondary N) is 1. The Morgan fingerprint density at radius 2 is 2.06 bits per heavy atom. The van der Waals surface area contributed by atoms with E-state index in [2.05, 4.69) is 25.4 Å². The number of hydrogen-bond acceptors (Lipinski definition) is 8. The van der Waals surface area contributed by atoms with Crippen molar-refractivity contribution in [3.63, 3.8) is 0 Å². The number of rotatable bonds is 10. The van der Waals surface area contributed by atoms with Crippen LogP contribution >= 0.6 is 0 Å². The molecule has 0 aliphatic carbocycles. The van der Waals surface area contributed by atoms with Crippen LogP contribution in [0.5, 0.6) is 11.8 Å². The number of anilines is 1. The third-order valence-electron chi connectivity index (χ3n) is 4.97. The average molecular weight is 463 g/mol. The summed E-state index contributed by atoms with van der Waals surface area (Å²) in [4.78, 5) is 25.7. The van der Waals surface area contributed by atoms with Gasteiger partial charge >= 0.3 is 0 Å². The lowest BCUT2D eigenvalue weighted by Crippen LogP contribution is -2.13. The highest BCUT2D eigenvalue weighted by Gasteiger charge is 2.19. The number of benzene rings is 1. The molecule has 0 saturated carbocycles. The summed E-state index contributed by atoms with van der Waals surface area (Å²) in [5.41, 5.74) is 2.65. The van der Waals surface area contributed by atoms with Gasteiger partial charge < -0.3 is 19.2 Å². The van der Waals surface area contributed by atoms with Crippen molar-refractivity contribution in [3.8, 4) is 23.1 Å². The lowest BCUT2D eigenvalue weighted by molar-refractivity contribution is 0.102. The van der Waals surface area contributed by atoms with Crippen LogP contribution in [-0.2, 0) is 13.0 Å². The van der Waals surface area contributed by atoms with E-state index in [0.29, 0.717) is 48.6 Å². The summed E-state index contributed by atoms with van der Waals surface area (Å²) in [6, 6.07) is 9.37. The smallest absolute Gasteiger partial charge is 0.278 e. The number of nitrogens with zero attached hydrogens (tertiary/aromatic N) is 5. The molecule has 0 aliphatic heterocycles. The Morgan fingerprint density at radius 3 is 2.85 bits per heavy atom. The maximum Gasteiger partial charge on any atom is 0.278 e. The summed E-state index contributed by atoms with van der Waals surface area (Å²) in [5, 5.41) is 7.15. The van der Waals surface area contributed by atoms with Gasteiger partial charge in [0.25, 0.3) is 5.91 Å². The molecule has 0 aliphatic rings. The molecule has 0 unspecified atom stereocenters. The maximum atomic E-state index is 12.8. The second-order valence-corrected chi connectivity index (χ2v) is 7.55. The quantitative estimate of drug-likeness (QED) is 0.377. The molecule has 0 atom stereocenters. The first-order valence-electron chi connectivity index (χ1n) is 10.9. The van der Waals surface area contributed by atoms with Crippen molar-refractivity contribution in [1.29, 1.82) is 0 Å². The number of aromatic nitrogens is 5. The van der Waals surface area contributed by atoms with E-state index in [9.17, 15) is 4.79 Å². The minimum Gasteiger partial charge on any atom is -0.481 e. The number of methoxy groups -OCH3 is 1. The van der Waals surface area contributed by atoms with Gasteiger partial charge in [-0.1, -0.05) is 23.8 Å². The molecule has 3 aromatic heterocycles. The largest absolute Gasteiger partial charge is 0.481 e. The molecule has 4 aromatic rings. The van der Waals surface area contributed by atoms with Crippen molar-refractivity contribution >= 4 is 11.6 Å². The normalized spacial score (nSPS) is 10.8. The van der Waals surface area contributed by atoms with Gasteiger partial charge in [0.2, 0.25) is 11.8 Å². The molecule has 3 heterocycles. The first kappa shape index (κ1) is 23.0. The van der Waals surface area contributed by atoms with E-state index in [1.165, 1.54) is 6.39 Å². The van der Waals surface area contributed by atoms with E-state index in [1.54, 1.807) is 30.3 Å². The van der Waals surface area contributed by atoms with Gasteiger partial charge in [-0.3, -0.25) is 9.48 Å². The number of oxazole rings is 1. The average Bonchev–Trinajstić information content (AvgIpc) is 3.49. The summed E-state index contributed by atoms with van der Waals surface area (Å²) in [6.45, 7) is 5.02. The lowest BCUT2D eigenvalue weighted by atomic mass is 10.1. The summed E-state index contributed by atoms with van der Waals surface area (Å²) >= 11 is 0. The molecule has 0 radical (unpaired) electrons. The Bertz CT molecular complexity index is 1270. The molecule has 0 bridgehead atoms. The van der Waals surface area contributed by atoms with Crippen molar-refractivity contribution in [2.45, 2.75) is 33.2 Å². The summed E-state index contributed by atoms with van der Waals surface area (Å²) in [6.07, 6.45) is 6.00. The van der Waals surface area contributed by atoms with Crippen LogP contribution in [0.15, 0.2) is 53.5 Å². The zero-order chi connectivity index (χ0) is 23.9. The van der Waals surface area contributed by atoms with Crippen LogP contribution in [0.2, 0.25) is 0 Å². The van der Waals surface area contributed by atoms with Gasteiger partial charge in [0.05, 0.1) is 31.7 Å². The molecule has 34 heavy (non-hydrogen) atoms. The molecule has 1 N–H and O–H groups in total. The molecule has 0 fully saturated rings. The molecule has 1 aromatic carbocycles. The predicted molar refractivity (Wildman–Crippen MR) is 125 cm³/mol. The maximum absolute atomic E-state index is 12.8. The fourth-order valence-corrected chi connectivity index (χ4v) is 3.43. The van der Waals surface area contributed by atoms with E-state index < -0.39 is 0 Å². The first-order valence-corrected chi connectivity index (χ1v) is 10.9. The van der Waals surface area contributed by atoms with E-state index in [4.69, 9.17) is 13.9 Å². The second-order valence-electron chi connectivity index (χ2n) is 7.55. The van der Waals surface area contributed by atoms with E-state index in [-0.39, 0.29) is 11.6 Å². The van der Waals surface area contributed by atoms with Crippen LogP contribution in [0.25, 0.3) is 11.3 Å². The highest BCUT2D eigenvalue weighted by molar-refractivity contribution is 6.06. The Hall–Kier alpha value is -4.21. The monoisotopic (exact) mass is 462 g/mol. The van der Waals surface area contributed by atoms with Gasteiger partial charge in [-0.25, -0.2) is 4.98 Å². The topological polar surface area (TPSA) is 117 Å². The molecule has 0 spiro atoms. The van der Waals surface area contributed by atoms with Crippen molar-refractivity contribution in [2.75, 3.05) is 19.0 Å². The third kappa shape index (κ3) is 5.58. The Kier molecular flexibility index (Phi) is 7.16. The van der Waals surface area contributed by atoms with Crippen LogP contribution in [0.4, 0.5) is 5.69 Å². The van der Waals surface area contributed by atoms with Gasteiger partial charge in [0, 0.05) is 24.7 Å². The van der Waals surface area contributed by atoms with Crippen molar-refractivity contribution in [3.05, 3.63) is 66.2 Å². The minimum absolute atomic E-state index is 0.221. The molecule has 1 amide bonds. The number of carbonyl (C=O) groups excluding carboxylic acids is 1. The minimum atomic E-state index is -0.363. The van der Waals surface area contributed by atoms with Gasteiger partial charge in [0.1, 0.15) is 5.82 Å². The lowest BCUT2D eigenvalue weighted by Gasteiger charge is -2.07. The summed E-state index contributed by atoms with van der Waals surface area (Å²) < 4.78 is 17.9. The fraction of sp³-hybridized carbons (Fsp3) is 0.292. The standard InChI is InChI=1S/C24H26N6O4/c1-4-33-21-12-20(32-3)28-19(29-21)9-6-10-30-14-18(13-26-30)27-24(31)22-23(34-15-25-22)17-8-5-7-16(2)11-17/h5,7-8,11-15H,4,6,9-10H2,1-3H3,(H,27,31). The van der Waals surface area contributed by atoms with E-state index >= 15 is 0 Å². The zero-order valence-electron chi connectivity index (χ0n) is 19.3. The van der Waals surface area contributed by atoms with Crippen LogP contribution in [-0.4, -0.2) is 44.4 Å². The molecule has 4 rings (SSSR count). The third-order valence-corrected chi connectivity index (χ3v) is 4.97. The SMILES string of the molecule is CCOc1cc(OC)nc(CCCn2cc(NC(=O)c3ncoc3-c3cccc(C)c3)cn2)n1. The first-order chi connectivity index (χ1) is 16.6. The van der Waals surface area contributed by atoms with Crippen molar-refractivity contribution in [1.82, 2.24) is 24.7 Å². The Balaban J connectivity index is 1.35. The number of aryl methyl sites for hydroxylation is 3. The van der Waals surface area contributed by atoms with Crippen LogP contribution < -0.4 is 14.8 Å². The van der Waals surface area contributed by atoms with Crippen LogP contribution in [0.1, 0.15) is 35.2 Å². The van der Waals surface area contributed by atoms with Crippen LogP contribution in [0, 0.1) is 6.92 Å². The zero-order valence-corrected chi connectivity index (χ0v) is 19.3. The number of carbonyl (C=O) groups is 1. The highest BCUT2D eigenvalue weighted by atomic mass is 16.5. The number of hydrogen-bond donors (Lipinski definition) is 1. The van der Waals surface area contributed by atoms with Gasteiger partial charge in [-0.2, -0.15) is 15.1 Å². The number of amides is 1. The summed E-state index contributed by atoms with van der Waals surface area (Å²) in [7, 11) is 1.56. The summed E-state index contributed by atoms with van der Waals surface area (Å²) in [5.74, 6) is 1.66. The molecular weight excluding hydrogens is 436 g/mol. The van der Waals surface area contributed by atoms with Gasteiger partial charge in [0.15, 0.2) is 17.8 Å². The fourth-order valence-electron chi connectivity index (χ4n) is 3.43. The van der Waals surface area contributed by atoms with E-state index in [0.717, 1.165) is 17.5 Å². The number of ether oxygens (including phenoxy) is 2. The molecule has 10 heteroatoms. The predicted octanol–water partition coefficient (Wildman–Crippen LogP) is 3.93. The Morgan fingerprint density at radius 1 is 1.21 bits per heavy atom. The van der Waals surface area contributed by atoms with Crippen LogP contribution in [0.3, 0.4) is 0 Å². The molecule has 10 nitrogen and oxygen atoms in total. The van der Waals surface area contributed by atoms with Gasteiger partial charge in [-0.15, -0.1) is 0 Å².